The molecule has 0 aromatic carbocycles. The van der Waals surface area contributed by atoms with E-state index in [4.69, 9.17) is 4.74 Å². The van der Waals surface area contributed by atoms with E-state index in [9.17, 15) is 4.79 Å². The summed E-state index contributed by atoms with van der Waals surface area (Å²) in [5.74, 6) is 1.35. The van der Waals surface area contributed by atoms with Crippen molar-refractivity contribution in [2.45, 2.75) is 26.4 Å². The Morgan fingerprint density at radius 1 is 0.967 bits per heavy atom. The fraction of sp³-hybridized carbons (Fsp3) is 0.381. The van der Waals surface area contributed by atoms with Crippen LogP contribution in [0.5, 0.6) is 0 Å². The van der Waals surface area contributed by atoms with Crippen LogP contribution in [0.25, 0.3) is 11.2 Å². The van der Waals surface area contributed by atoms with Crippen LogP contribution in [-0.4, -0.2) is 62.7 Å². The van der Waals surface area contributed by atoms with Crippen LogP contribution in [0.1, 0.15) is 20.8 Å². The number of hydrogen-bond donors (Lipinski definition) is 1. The first kappa shape index (κ1) is 19.8. The Labute approximate surface area is 175 Å². The highest BCUT2D eigenvalue weighted by atomic mass is 16.6. The van der Waals surface area contributed by atoms with Gasteiger partial charge in [-0.1, -0.05) is 0 Å². The normalized spacial score (nSPS) is 14.6. The van der Waals surface area contributed by atoms with Crippen molar-refractivity contribution < 1.29 is 9.53 Å². The molecule has 1 aliphatic rings. The second-order valence-electron chi connectivity index (χ2n) is 8.07. The number of anilines is 3. The first-order chi connectivity index (χ1) is 14.4. The molecule has 30 heavy (non-hydrogen) atoms. The molecule has 9 nitrogen and oxygen atoms in total. The minimum absolute atomic E-state index is 0.260. The van der Waals surface area contributed by atoms with Gasteiger partial charge in [0.25, 0.3) is 0 Å². The molecule has 0 atom stereocenters. The summed E-state index contributed by atoms with van der Waals surface area (Å²) in [6.45, 7) is 8.33. The van der Waals surface area contributed by atoms with E-state index < -0.39 is 5.60 Å². The molecule has 0 unspecified atom stereocenters. The van der Waals surface area contributed by atoms with Crippen LogP contribution in [0.2, 0.25) is 0 Å². The first-order valence-electron chi connectivity index (χ1n) is 9.91. The predicted molar refractivity (Wildman–Crippen MR) is 115 cm³/mol. The number of amides is 1. The van der Waals surface area contributed by atoms with Gasteiger partial charge in [0.15, 0.2) is 5.65 Å². The van der Waals surface area contributed by atoms with Crippen molar-refractivity contribution in [1.29, 1.82) is 0 Å². The van der Waals surface area contributed by atoms with Crippen LogP contribution in [0.15, 0.2) is 42.9 Å². The maximum absolute atomic E-state index is 12.3. The van der Waals surface area contributed by atoms with E-state index in [0.717, 1.165) is 24.3 Å². The molecule has 4 rings (SSSR count). The molecule has 0 aliphatic carbocycles. The molecule has 1 fully saturated rings. The lowest BCUT2D eigenvalue weighted by Crippen LogP contribution is -2.50. The molecule has 1 aliphatic heterocycles. The summed E-state index contributed by atoms with van der Waals surface area (Å²) in [7, 11) is 0. The quantitative estimate of drug-likeness (QED) is 0.707. The minimum atomic E-state index is -0.484. The first-order valence-corrected chi connectivity index (χ1v) is 9.91. The number of carbonyl (C=O) groups excluding carboxylic acids is 1. The van der Waals surface area contributed by atoms with Gasteiger partial charge >= 0.3 is 6.09 Å². The number of piperazine rings is 1. The lowest BCUT2D eigenvalue weighted by Gasteiger charge is -2.36. The van der Waals surface area contributed by atoms with Gasteiger partial charge in [-0.05, 0) is 39.0 Å². The molecule has 0 spiro atoms. The Morgan fingerprint density at radius 2 is 1.73 bits per heavy atom. The van der Waals surface area contributed by atoms with Crippen molar-refractivity contribution in [2.75, 3.05) is 36.4 Å². The van der Waals surface area contributed by atoms with Gasteiger partial charge < -0.3 is 19.9 Å². The van der Waals surface area contributed by atoms with Crippen molar-refractivity contribution in [1.82, 2.24) is 24.8 Å². The zero-order valence-corrected chi connectivity index (χ0v) is 17.4. The highest BCUT2D eigenvalue weighted by molar-refractivity contribution is 5.73. The summed E-state index contributed by atoms with van der Waals surface area (Å²) >= 11 is 0. The summed E-state index contributed by atoms with van der Waals surface area (Å²) in [5, 5.41) is 3.23. The number of fused-ring (bicyclic) bond motifs is 1. The molecule has 1 saturated heterocycles. The second-order valence-corrected chi connectivity index (χ2v) is 8.07. The van der Waals surface area contributed by atoms with E-state index in [1.54, 1.807) is 23.5 Å². The largest absolute Gasteiger partial charge is 0.444 e. The Hall–Kier alpha value is -3.49. The molecular formula is C21H25N7O2. The number of nitrogens with zero attached hydrogens (tertiary/aromatic N) is 6. The van der Waals surface area contributed by atoms with Gasteiger partial charge in [-0.2, -0.15) is 0 Å². The lowest BCUT2D eigenvalue weighted by molar-refractivity contribution is 0.0240. The lowest BCUT2D eigenvalue weighted by atomic mass is 10.2. The molecule has 1 N–H and O–H groups in total. The minimum Gasteiger partial charge on any atom is -0.444 e. The number of rotatable bonds is 3. The van der Waals surface area contributed by atoms with Gasteiger partial charge in [-0.25, -0.2) is 19.7 Å². The Morgan fingerprint density at radius 3 is 2.50 bits per heavy atom. The standard InChI is InChI=1S/C21H25N7O2/c1-21(2,3)30-20(29)28-12-10-27(11-13-28)15-6-7-23-18(14-15)25-17-5-4-16-19(26-17)24-9-8-22-16/h4-9,14H,10-13H2,1-3H3,(H,23,24,25,26). The average molecular weight is 407 g/mol. The van der Waals surface area contributed by atoms with Crippen molar-refractivity contribution in [2.24, 2.45) is 0 Å². The van der Waals surface area contributed by atoms with Gasteiger partial charge in [-0.15, -0.1) is 0 Å². The summed E-state index contributed by atoms with van der Waals surface area (Å²) in [6, 6.07) is 7.67. The fourth-order valence-corrected chi connectivity index (χ4v) is 3.21. The molecule has 3 aromatic rings. The highest BCUT2D eigenvalue weighted by Crippen LogP contribution is 2.22. The van der Waals surface area contributed by atoms with E-state index in [2.05, 4.69) is 30.2 Å². The molecule has 0 bridgehead atoms. The molecule has 9 heteroatoms. The van der Waals surface area contributed by atoms with E-state index in [1.807, 2.05) is 45.0 Å². The zero-order valence-electron chi connectivity index (χ0n) is 17.4. The van der Waals surface area contributed by atoms with Gasteiger partial charge in [-0.3, -0.25) is 4.98 Å². The SMILES string of the molecule is CC(C)(C)OC(=O)N1CCN(c2ccnc(Nc3ccc4nccnc4n3)c2)CC1. The number of nitrogens with one attached hydrogen (secondary N) is 1. The fourth-order valence-electron chi connectivity index (χ4n) is 3.21. The summed E-state index contributed by atoms with van der Waals surface area (Å²) in [6.07, 6.45) is 4.77. The molecule has 3 aromatic heterocycles. The third-order valence-corrected chi connectivity index (χ3v) is 4.63. The van der Waals surface area contributed by atoms with Crippen molar-refractivity contribution >= 4 is 34.6 Å². The third kappa shape index (κ3) is 4.73. The van der Waals surface area contributed by atoms with Crippen LogP contribution in [0.4, 0.5) is 22.1 Å². The van der Waals surface area contributed by atoms with Gasteiger partial charge in [0.1, 0.15) is 22.8 Å². The Balaban J connectivity index is 1.40. The number of pyridine rings is 2. The van der Waals surface area contributed by atoms with Crippen LogP contribution in [0.3, 0.4) is 0 Å². The molecule has 1 amide bonds. The van der Waals surface area contributed by atoms with Crippen LogP contribution in [0, 0.1) is 0 Å². The van der Waals surface area contributed by atoms with Gasteiger partial charge in [0, 0.05) is 56.5 Å². The molecular weight excluding hydrogens is 382 g/mol. The molecule has 156 valence electrons. The molecule has 0 radical (unpaired) electrons. The molecule has 4 heterocycles. The highest BCUT2D eigenvalue weighted by Gasteiger charge is 2.26. The average Bonchev–Trinajstić information content (AvgIpc) is 2.73. The molecule has 0 saturated carbocycles. The maximum Gasteiger partial charge on any atom is 0.410 e. The van der Waals surface area contributed by atoms with Crippen LogP contribution >= 0.6 is 0 Å². The second kappa shape index (κ2) is 8.10. The van der Waals surface area contributed by atoms with E-state index in [-0.39, 0.29) is 6.09 Å². The number of carbonyl (C=O) groups is 1. The van der Waals surface area contributed by atoms with Crippen molar-refractivity contribution in [3.05, 3.63) is 42.9 Å². The Bertz CT molecular complexity index is 1040. The van der Waals surface area contributed by atoms with E-state index >= 15 is 0 Å². The van der Waals surface area contributed by atoms with Gasteiger partial charge in [0.2, 0.25) is 0 Å². The van der Waals surface area contributed by atoms with Crippen LogP contribution < -0.4 is 10.2 Å². The van der Waals surface area contributed by atoms with Crippen molar-refractivity contribution in [3.63, 3.8) is 0 Å². The van der Waals surface area contributed by atoms with Gasteiger partial charge in [0.05, 0.1) is 0 Å². The zero-order chi connectivity index (χ0) is 21.1. The Kier molecular flexibility index (Phi) is 5.35. The number of ether oxygens (including phenoxy) is 1. The monoisotopic (exact) mass is 407 g/mol. The predicted octanol–water partition coefficient (Wildman–Crippen LogP) is 3.22. The summed E-state index contributed by atoms with van der Waals surface area (Å²) in [4.78, 5) is 33.6. The number of aromatic nitrogens is 4. The smallest absolute Gasteiger partial charge is 0.410 e. The topological polar surface area (TPSA) is 96.4 Å². The van der Waals surface area contributed by atoms with E-state index in [0.29, 0.717) is 30.4 Å². The summed E-state index contributed by atoms with van der Waals surface area (Å²) < 4.78 is 5.47. The number of hydrogen-bond acceptors (Lipinski definition) is 8. The summed E-state index contributed by atoms with van der Waals surface area (Å²) in [5.41, 5.74) is 1.88. The van der Waals surface area contributed by atoms with Crippen molar-refractivity contribution in [3.8, 4) is 0 Å². The van der Waals surface area contributed by atoms with Crippen LogP contribution in [-0.2, 0) is 4.74 Å². The van der Waals surface area contributed by atoms with E-state index in [1.165, 1.54) is 0 Å². The maximum atomic E-state index is 12.3. The third-order valence-electron chi connectivity index (χ3n) is 4.63.